The molecule has 0 bridgehead atoms. The second kappa shape index (κ2) is 9.27. The first kappa shape index (κ1) is 21.0. The van der Waals surface area contributed by atoms with Gasteiger partial charge in [-0.25, -0.2) is 4.90 Å². The molecule has 0 saturated heterocycles. The average molecular weight is 434 g/mol. The number of thioether (sulfide) groups is 1. The molecule has 1 aliphatic rings. The van der Waals surface area contributed by atoms with Crippen LogP contribution in [-0.2, 0) is 15.3 Å². The lowest BCUT2D eigenvalue weighted by molar-refractivity contribution is -0.119. The summed E-state index contributed by atoms with van der Waals surface area (Å²) in [4.78, 5) is 28.3. The number of nitrogens with zero attached hydrogens (tertiary/aromatic N) is 1. The number of benzene rings is 2. The smallest absolute Gasteiger partial charge is 0.272 e. The highest BCUT2D eigenvalue weighted by molar-refractivity contribution is 8.03. The highest BCUT2D eigenvalue weighted by Gasteiger charge is 2.40. The molecule has 2 heterocycles. The third-order valence-corrected chi connectivity index (χ3v) is 5.82. The lowest BCUT2D eigenvalue weighted by Crippen LogP contribution is -2.31. The maximum absolute atomic E-state index is 13.4. The molecule has 2 aromatic carbocycles. The minimum Gasteiger partial charge on any atom is -0.493 e. The summed E-state index contributed by atoms with van der Waals surface area (Å²) in [6.45, 7) is 4.79. The first-order valence-corrected chi connectivity index (χ1v) is 11.1. The fourth-order valence-electron chi connectivity index (χ4n) is 3.23. The maximum atomic E-state index is 13.4. The number of ether oxygens (including phenoxy) is 1. The lowest BCUT2D eigenvalue weighted by Gasteiger charge is -2.15. The van der Waals surface area contributed by atoms with E-state index in [0.717, 1.165) is 11.5 Å². The molecular formula is C25H23NO4S. The Kier molecular flexibility index (Phi) is 6.28. The van der Waals surface area contributed by atoms with Gasteiger partial charge in [0.1, 0.15) is 11.5 Å². The third-order valence-electron chi connectivity index (χ3n) is 4.72. The molecule has 0 atom stereocenters. The van der Waals surface area contributed by atoms with Crippen LogP contribution in [-0.4, -0.2) is 18.4 Å². The van der Waals surface area contributed by atoms with Crippen molar-refractivity contribution in [2.75, 3.05) is 11.5 Å². The van der Waals surface area contributed by atoms with E-state index in [9.17, 15) is 9.59 Å². The standard InChI is InChI=1S/C25H23NO4S/c1-17(2)15-30-20-12-10-18(11-13-20)22-23(31-16-21-9-6-14-29-21)25(28)26(24(22)27)19-7-4-3-5-8-19/h3-14,17H,15-16H2,1-2H3. The predicted octanol–water partition coefficient (Wildman–Crippen LogP) is 5.53. The van der Waals surface area contributed by atoms with Gasteiger partial charge < -0.3 is 9.15 Å². The fraction of sp³-hybridized carbons (Fsp3) is 0.200. The van der Waals surface area contributed by atoms with Crippen molar-refractivity contribution in [1.82, 2.24) is 0 Å². The second-order valence-corrected chi connectivity index (χ2v) is 8.57. The molecule has 158 valence electrons. The van der Waals surface area contributed by atoms with E-state index in [4.69, 9.17) is 9.15 Å². The van der Waals surface area contributed by atoms with Gasteiger partial charge in [0.05, 0.1) is 34.8 Å². The van der Waals surface area contributed by atoms with E-state index in [0.29, 0.717) is 40.0 Å². The van der Waals surface area contributed by atoms with Gasteiger partial charge in [-0.2, -0.15) is 0 Å². The van der Waals surface area contributed by atoms with Gasteiger partial charge >= 0.3 is 0 Å². The fourth-order valence-corrected chi connectivity index (χ4v) is 4.24. The van der Waals surface area contributed by atoms with Crippen LogP contribution >= 0.6 is 11.8 Å². The molecule has 0 saturated carbocycles. The summed E-state index contributed by atoms with van der Waals surface area (Å²) in [5.74, 6) is 1.72. The molecule has 31 heavy (non-hydrogen) atoms. The SMILES string of the molecule is CC(C)COc1ccc(C2=C(SCc3ccco3)C(=O)N(c3ccccc3)C2=O)cc1. The zero-order chi connectivity index (χ0) is 21.8. The van der Waals surface area contributed by atoms with Crippen LogP contribution in [0.4, 0.5) is 5.69 Å². The molecule has 0 unspecified atom stereocenters. The molecular weight excluding hydrogens is 410 g/mol. The van der Waals surface area contributed by atoms with E-state index in [2.05, 4.69) is 13.8 Å². The van der Waals surface area contributed by atoms with E-state index < -0.39 is 0 Å². The van der Waals surface area contributed by atoms with Crippen LogP contribution in [0.5, 0.6) is 5.75 Å². The number of amides is 2. The van der Waals surface area contributed by atoms with Gasteiger partial charge in [0.2, 0.25) is 0 Å². The van der Waals surface area contributed by atoms with Crippen LogP contribution in [0.25, 0.3) is 5.57 Å². The summed E-state index contributed by atoms with van der Waals surface area (Å²) in [6.07, 6.45) is 1.60. The van der Waals surface area contributed by atoms with Gasteiger partial charge in [0.15, 0.2) is 0 Å². The average Bonchev–Trinajstić information content (AvgIpc) is 3.38. The molecule has 6 heteroatoms. The molecule has 4 rings (SSSR count). The third kappa shape index (κ3) is 4.59. The van der Waals surface area contributed by atoms with Crippen LogP contribution in [0, 0.1) is 5.92 Å². The predicted molar refractivity (Wildman–Crippen MR) is 123 cm³/mol. The van der Waals surface area contributed by atoms with Crippen molar-refractivity contribution in [3.63, 3.8) is 0 Å². The van der Waals surface area contributed by atoms with Crippen molar-refractivity contribution in [2.45, 2.75) is 19.6 Å². The number of para-hydroxylation sites is 1. The highest BCUT2D eigenvalue weighted by Crippen LogP contribution is 2.39. The first-order valence-electron chi connectivity index (χ1n) is 10.1. The van der Waals surface area contributed by atoms with Crippen molar-refractivity contribution in [3.05, 3.63) is 89.2 Å². The van der Waals surface area contributed by atoms with Crippen LogP contribution in [0.15, 0.2) is 82.3 Å². The summed E-state index contributed by atoms with van der Waals surface area (Å²) in [6, 6.07) is 20.0. The molecule has 2 amide bonds. The summed E-state index contributed by atoms with van der Waals surface area (Å²) < 4.78 is 11.2. The zero-order valence-corrected chi connectivity index (χ0v) is 18.2. The summed E-state index contributed by atoms with van der Waals surface area (Å²) in [5.41, 5.74) is 1.65. The van der Waals surface area contributed by atoms with Crippen molar-refractivity contribution in [2.24, 2.45) is 5.92 Å². The Bertz CT molecular complexity index is 1090. The Morgan fingerprint density at radius 2 is 1.68 bits per heavy atom. The minimum absolute atomic E-state index is 0.317. The van der Waals surface area contributed by atoms with Crippen molar-refractivity contribution < 1.29 is 18.7 Å². The Labute approximate surface area is 185 Å². The van der Waals surface area contributed by atoms with Crippen molar-refractivity contribution >= 4 is 34.8 Å². The Morgan fingerprint density at radius 3 is 2.32 bits per heavy atom. The van der Waals surface area contributed by atoms with E-state index in [-0.39, 0.29) is 11.8 Å². The number of anilines is 1. The molecule has 0 spiro atoms. The highest BCUT2D eigenvalue weighted by atomic mass is 32.2. The molecule has 0 radical (unpaired) electrons. The topological polar surface area (TPSA) is 59.8 Å². The van der Waals surface area contributed by atoms with Crippen molar-refractivity contribution in [1.29, 1.82) is 0 Å². The molecule has 0 N–H and O–H groups in total. The Morgan fingerprint density at radius 1 is 0.935 bits per heavy atom. The van der Waals surface area contributed by atoms with Gasteiger partial charge in [-0.05, 0) is 47.9 Å². The van der Waals surface area contributed by atoms with Crippen LogP contribution in [0.1, 0.15) is 25.2 Å². The second-order valence-electron chi connectivity index (χ2n) is 7.58. The first-order chi connectivity index (χ1) is 15.0. The lowest BCUT2D eigenvalue weighted by atomic mass is 10.1. The Hall–Kier alpha value is -3.25. The normalized spacial score (nSPS) is 14.1. The number of hydrogen-bond donors (Lipinski definition) is 0. The van der Waals surface area contributed by atoms with Crippen LogP contribution < -0.4 is 9.64 Å². The number of hydrogen-bond acceptors (Lipinski definition) is 5. The maximum Gasteiger partial charge on any atom is 0.272 e. The van der Waals surface area contributed by atoms with Gasteiger partial charge in [-0.1, -0.05) is 44.2 Å². The number of carbonyl (C=O) groups excluding carboxylic acids is 2. The number of rotatable bonds is 8. The monoisotopic (exact) mass is 433 g/mol. The number of furan rings is 1. The van der Waals surface area contributed by atoms with Crippen LogP contribution in [0.2, 0.25) is 0 Å². The summed E-state index contributed by atoms with van der Waals surface area (Å²) in [5, 5.41) is 0. The van der Waals surface area contributed by atoms with Gasteiger partial charge in [0.25, 0.3) is 11.8 Å². The van der Waals surface area contributed by atoms with Gasteiger partial charge in [0, 0.05) is 0 Å². The zero-order valence-electron chi connectivity index (χ0n) is 17.4. The number of imide groups is 1. The minimum atomic E-state index is -0.325. The van der Waals surface area contributed by atoms with E-state index in [1.807, 2.05) is 48.5 Å². The van der Waals surface area contributed by atoms with E-state index in [1.54, 1.807) is 24.5 Å². The van der Waals surface area contributed by atoms with Crippen LogP contribution in [0.3, 0.4) is 0 Å². The molecule has 1 aromatic heterocycles. The van der Waals surface area contributed by atoms with Gasteiger partial charge in [-0.3, -0.25) is 9.59 Å². The molecule has 0 fully saturated rings. The number of carbonyl (C=O) groups is 2. The van der Waals surface area contributed by atoms with Crippen molar-refractivity contribution in [3.8, 4) is 5.75 Å². The van der Waals surface area contributed by atoms with E-state index >= 15 is 0 Å². The van der Waals surface area contributed by atoms with Gasteiger partial charge in [-0.15, -0.1) is 11.8 Å². The summed E-state index contributed by atoms with van der Waals surface area (Å²) >= 11 is 1.32. The quantitative estimate of drug-likeness (QED) is 0.437. The molecule has 1 aliphatic heterocycles. The van der Waals surface area contributed by atoms with E-state index in [1.165, 1.54) is 16.7 Å². The molecule has 5 nitrogen and oxygen atoms in total. The molecule has 0 aliphatic carbocycles. The largest absolute Gasteiger partial charge is 0.493 e. The Balaban J connectivity index is 1.67. The molecule has 3 aromatic rings. The summed E-state index contributed by atoms with van der Waals surface area (Å²) in [7, 11) is 0.